The van der Waals surface area contributed by atoms with Crippen molar-refractivity contribution in [1.29, 1.82) is 0 Å². The van der Waals surface area contributed by atoms with Crippen molar-refractivity contribution < 1.29 is 19.0 Å². The molecule has 0 spiro atoms. The molecule has 0 aromatic carbocycles. The Morgan fingerprint density at radius 3 is 2.90 bits per heavy atom. The number of ether oxygens (including phenoxy) is 3. The summed E-state index contributed by atoms with van der Waals surface area (Å²) in [4.78, 5) is 11.6. The van der Waals surface area contributed by atoms with Gasteiger partial charge in [-0.25, -0.2) is 0 Å². The molecule has 4 unspecified atom stereocenters. The molecule has 3 aliphatic rings. The van der Waals surface area contributed by atoms with Crippen molar-refractivity contribution in [3.05, 3.63) is 12.2 Å². The summed E-state index contributed by atoms with van der Waals surface area (Å²) < 4.78 is 15.5. The highest BCUT2D eigenvalue weighted by atomic mass is 16.7. The number of carbonyl (C=O) groups is 1. The lowest BCUT2D eigenvalue weighted by Gasteiger charge is -2.17. The smallest absolute Gasteiger partial charge is 0.305 e. The summed E-state index contributed by atoms with van der Waals surface area (Å²) in [5, 5.41) is 0. The van der Waals surface area contributed by atoms with Gasteiger partial charge in [-0.1, -0.05) is 18.6 Å². The minimum absolute atomic E-state index is 0.0697. The number of unbranched alkanes of at least 4 members (excludes halogenated alkanes) is 1. The van der Waals surface area contributed by atoms with E-state index in [4.69, 9.17) is 14.2 Å². The SMILES string of the molecule is O=C(CCCCC1CC2C=CC1C2)OCC1COCO1. The van der Waals surface area contributed by atoms with E-state index >= 15 is 0 Å². The molecule has 2 fully saturated rings. The summed E-state index contributed by atoms with van der Waals surface area (Å²) in [5.41, 5.74) is 0. The van der Waals surface area contributed by atoms with Crippen LogP contribution in [0.15, 0.2) is 12.2 Å². The van der Waals surface area contributed by atoms with E-state index in [9.17, 15) is 4.79 Å². The lowest BCUT2D eigenvalue weighted by Crippen LogP contribution is -2.20. The molecule has 112 valence electrons. The number of hydrogen-bond acceptors (Lipinski definition) is 4. The molecule has 3 rings (SSSR count). The van der Waals surface area contributed by atoms with Crippen LogP contribution >= 0.6 is 0 Å². The van der Waals surface area contributed by atoms with Crippen LogP contribution in [-0.2, 0) is 19.0 Å². The van der Waals surface area contributed by atoms with Crippen molar-refractivity contribution >= 4 is 5.97 Å². The first-order valence-corrected chi connectivity index (χ1v) is 7.84. The van der Waals surface area contributed by atoms with Crippen LogP contribution in [-0.4, -0.2) is 32.1 Å². The monoisotopic (exact) mass is 280 g/mol. The van der Waals surface area contributed by atoms with Gasteiger partial charge in [0.25, 0.3) is 0 Å². The van der Waals surface area contributed by atoms with Gasteiger partial charge in [-0.05, 0) is 43.4 Å². The first-order chi connectivity index (χ1) is 9.81. The topological polar surface area (TPSA) is 44.8 Å². The number of esters is 1. The molecular weight excluding hydrogens is 256 g/mol. The van der Waals surface area contributed by atoms with Crippen LogP contribution in [0.25, 0.3) is 0 Å². The fourth-order valence-electron chi connectivity index (χ4n) is 3.63. The van der Waals surface area contributed by atoms with E-state index in [0.717, 1.165) is 30.6 Å². The van der Waals surface area contributed by atoms with Crippen LogP contribution in [0.5, 0.6) is 0 Å². The van der Waals surface area contributed by atoms with Gasteiger partial charge in [0, 0.05) is 6.42 Å². The summed E-state index contributed by atoms with van der Waals surface area (Å²) in [6.45, 7) is 1.18. The minimum Gasteiger partial charge on any atom is -0.463 e. The molecule has 4 heteroatoms. The summed E-state index contributed by atoms with van der Waals surface area (Å²) in [5.74, 6) is 2.44. The highest BCUT2D eigenvalue weighted by molar-refractivity contribution is 5.69. The molecule has 1 heterocycles. The van der Waals surface area contributed by atoms with Crippen LogP contribution < -0.4 is 0 Å². The van der Waals surface area contributed by atoms with Gasteiger partial charge >= 0.3 is 5.97 Å². The van der Waals surface area contributed by atoms with E-state index in [0.29, 0.717) is 26.4 Å². The summed E-state index contributed by atoms with van der Waals surface area (Å²) in [6, 6.07) is 0. The molecule has 0 N–H and O–H groups in total. The molecule has 0 radical (unpaired) electrons. The summed E-state index contributed by atoms with van der Waals surface area (Å²) in [6.07, 6.45) is 11.3. The van der Waals surface area contributed by atoms with Gasteiger partial charge in [-0.2, -0.15) is 0 Å². The van der Waals surface area contributed by atoms with Gasteiger partial charge in [-0.15, -0.1) is 0 Å². The van der Waals surface area contributed by atoms with Gasteiger partial charge in [-0.3, -0.25) is 4.79 Å². The highest BCUT2D eigenvalue weighted by Crippen LogP contribution is 2.45. The fraction of sp³-hybridized carbons (Fsp3) is 0.812. The summed E-state index contributed by atoms with van der Waals surface area (Å²) in [7, 11) is 0. The van der Waals surface area contributed by atoms with E-state index in [2.05, 4.69) is 12.2 Å². The van der Waals surface area contributed by atoms with E-state index < -0.39 is 0 Å². The molecule has 1 aliphatic heterocycles. The van der Waals surface area contributed by atoms with Crippen molar-refractivity contribution in [1.82, 2.24) is 0 Å². The number of rotatable bonds is 7. The van der Waals surface area contributed by atoms with Crippen molar-refractivity contribution in [3.63, 3.8) is 0 Å². The summed E-state index contributed by atoms with van der Waals surface area (Å²) >= 11 is 0. The zero-order valence-electron chi connectivity index (χ0n) is 12.0. The predicted molar refractivity (Wildman–Crippen MR) is 74.0 cm³/mol. The van der Waals surface area contributed by atoms with Gasteiger partial charge in [0.15, 0.2) is 0 Å². The Morgan fingerprint density at radius 1 is 1.25 bits per heavy atom. The van der Waals surface area contributed by atoms with E-state index in [1.807, 2.05) is 0 Å². The second-order valence-corrected chi connectivity index (χ2v) is 6.25. The molecule has 2 aliphatic carbocycles. The molecule has 1 saturated carbocycles. The third-order valence-electron chi connectivity index (χ3n) is 4.74. The zero-order chi connectivity index (χ0) is 13.8. The van der Waals surface area contributed by atoms with Crippen molar-refractivity contribution in [2.75, 3.05) is 20.0 Å². The fourth-order valence-corrected chi connectivity index (χ4v) is 3.63. The van der Waals surface area contributed by atoms with Crippen molar-refractivity contribution in [2.24, 2.45) is 17.8 Å². The third kappa shape index (κ3) is 3.61. The third-order valence-corrected chi connectivity index (χ3v) is 4.74. The number of carbonyl (C=O) groups excluding carboxylic acids is 1. The Hall–Kier alpha value is -0.870. The normalized spacial score (nSPS) is 34.8. The van der Waals surface area contributed by atoms with E-state index in [1.54, 1.807) is 0 Å². The largest absolute Gasteiger partial charge is 0.463 e. The first kappa shape index (κ1) is 14.1. The zero-order valence-corrected chi connectivity index (χ0v) is 12.0. The molecule has 0 aromatic heterocycles. The standard InChI is InChI=1S/C16H24O4/c17-16(19-10-15-9-18-11-20-15)4-2-1-3-13-7-12-5-6-14(13)8-12/h5-6,12-15H,1-4,7-11H2. The molecule has 1 saturated heterocycles. The Labute approximate surface area is 120 Å². The van der Waals surface area contributed by atoms with Gasteiger partial charge in [0.05, 0.1) is 6.61 Å². The lowest BCUT2D eigenvalue weighted by atomic mass is 9.89. The minimum atomic E-state index is -0.103. The molecule has 0 amide bonds. The molecular formula is C16H24O4. The predicted octanol–water partition coefficient (Wildman–Crippen LogP) is 2.68. The highest BCUT2D eigenvalue weighted by Gasteiger charge is 2.34. The molecule has 4 atom stereocenters. The Morgan fingerprint density at radius 2 is 2.20 bits per heavy atom. The van der Waals surface area contributed by atoms with Gasteiger partial charge < -0.3 is 14.2 Å². The van der Waals surface area contributed by atoms with Crippen LogP contribution in [0, 0.1) is 17.8 Å². The van der Waals surface area contributed by atoms with E-state index in [1.165, 1.54) is 19.3 Å². The quantitative estimate of drug-likeness (QED) is 0.408. The average molecular weight is 280 g/mol. The number of fused-ring (bicyclic) bond motifs is 2. The molecule has 20 heavy (non-hydrogen) atoms. The van der Waals surface area contributed by atoms with Gasteiger partial charge in [0.1, 0.15) is 19.5 Å². The maximum atomic E-state index is 11.6. The average Bonchev–Trinajstić information content (AvgIpc) is 3.17. The van der Waals surface area contributed by atoms with Crippen LogP contribution in [0.2, 0.25) is 0 Å². The second kappa shape index (κ2) is 6.72. The molecule has 2 bridgehead atoms. The number of hydrogen-bond donors (Lipinski definition) is 0. The molecule has 4 nitrogen and oxygen atoms in total. The van der Waals surface area contributed by atoms with Crippen LogP contribution in [0.1, 0.15) is 38.5 Å². The molecule has 0 aromatic rings. The van der Waals surface area contributed by atoms with E-state index in [-0.39, 0.29) is 12.1 Å². The van der Waals surface area contributed by atoms with Crippen molar-refractivity contribution in [3.8, 4) is 0 Å². The van der Waals surface area contributed by atoms with Crippen LogP contribution in [0.3, 0.4) is 0 Å². The van der Waals surface area contributed by atoms with Gasteiger partial charge in [0.2, 0.25) is 0 Å². The maximum Gasteiger partial charge on any atom is 0.305 e. The Balaban J connectivity index is 1.22. The number of allylic oxidation sites excluding steroid dienone is 2. The Bertz CT molecular complexity index is 359. The maximum absolute atomic E-state index is 11.6. The van der Waals surface area contributed by atoms with Crippen molar-refractivity contribution in [2.45, 2.75) is 44.6 Å². The Kier molecular flexibility index (Phi) is 4.73. The first-order valence-electron chi connectivity index (χ1n) is 7.84. The lowest BCUT2D eigenvalue weighted by molar-refractivity contribution is -0.146. The van der Waals surface area contributed by atoms with Crippen LogP contribution in [0.4, 0.5) is 0 Å². The second-order valence-electron chi connectivity index (χ2n) is 6.25.